The Morgan fingerprint density at radius 3 is 2.38 bits per heavy atom. The van der Waals surface area contributed by atoms with Crippen LogP contribution in [0.5, 0.6) is 0 Å². The molecule has 0 atom stereocenters. The molecule has 0 aliphatic carbocycles. The number of hydrogen-bond acceptors (Lipinski definition) is 2. The third kappa shape index (κ3) is 6.77. The molecule has 90 valence electrons. The lowest BCUT2D eigenvalue weighted by molar-refractivity contribution is 0.593. The Bertz CT molecular complexity index is 251. The zero-order chi connectivity index (χ0) is 11.5. The number of nitrogens with one attached hydrogen (secondary N) is 2. The monoisotopic (exact) mass is 236 g/mol. The highest BCUT2D eigenvalue weighted by Gasteiger charge is 1.90. The summed E-state index contributed by atoms with van der Waals surface area (Å²) in [5.41, 5.74) is 1.36. The largest absolute Gasteiger partial charge is 0.315 e. The Kier molecular flexibility index (Phi) is 8.03. The highest BCUT2D eigenvalue weighted by atomic mass is 28.1. The normalized spacial score (nSPS) is 10.8. The predicted octanol–water partition coefficient (Wildman–Crippen LogP) is 0.930. The summed E-state index contributed by atoms with van der Waals surface area (Å²) >= 11 is 0. The van der Waals surface area contributed by atoms with Crippen molar-refractivity contribution in [3.05, 3.63) is 35.9 Å². The molecule has 0 unspecified atom stereocenters. The Hall–Kier alpha value is -0.643. The van der Waals surface area contributed by atoms with E-state index in [-0.39, 0.29) is 0 Å². The van der Waals surface area contributed by atoms with Crippen LogP contribution in [0.25, 0.3) is 0 Å². The first-order chi connectivity index (χ1) is 7.93. The summed E-state index contributed by atoms with van der Waals surface area (Å²) in [5, 5.41) is 6.90. The van der Waals surface area contributed by atoms with E-state index < -0.39 is 0 Å². The molecule has 0 amide bonds. The van der Waals surface area contributed by atoms with E-state index in [2.05, 4.69) is 41.0 Å². The molecule has 0 heterocycles. The van der Waals surface area contributed by atoms with Gasteiger partial charge in [-0.1, -0.05) is 42.8 Å². The topological polar surface area (TPSA) is 24.1 Å². The van der Waals surface area contributed by atoms with E-state index in [4.69, 9.17) is 0 Å². The van der Waals surface area contributed by atoms with E-state index in [9.17, 15) is 0 Å². The van der Waals surface area contributed by atoms with Gasteiger partial charge in [0.25, 0.3) is 0 Å². The maximum atomic E-state index is 3.46. The van der Waals surface area contributed by atoms with Crippen molar-refractivity contribution in [1.82, 2.24) is 10.6 Å². The van der Waals surface area contributed by atoms with Crippen LogP contribution in [-0.4, -0.2) is 29.9 Å². The first-order valence-electron chi connectivity index (χ1n) is 6.39. The molecule has 0 aliphatic rings. The maximum Gasteiger partial charge on any atom is 0.0206 e. The van der Waals surface area contributed by atoms with Crippen LogP contribution in [0.4, 0.5) is 0 Å². The molecular formula is C13H24N2Si. The zero-order valence-electron chi connectivity index (χ0n) is 10.3. The van der Waals surface area contributed by atoms with Crippen LogP contribution in [0.1, 0.15) is 18.4 Å². The van der Waals surface area contributed by atoms with Gasteiger partial charge in [0.2, 0.25) is 0 Å². The van der Waals surface area contributed by atoms with Gasteiger partial charge >= 0.3 is 0 Å². The van der Waals surface area contributed by atoms with E-state index in [1.807, 2.05) is 0 Å². The third-order valence-electron chi connectivity index (χ3n) is 2.61. The van der Waals surface area contributed by atoms with Crippen LogP contribution in [0.2, 0.25) is 6.04 Å². The molecule has 2 N–H and O–H groups in total. The van der Waals surface area contributed by atoms with Gasteiger partial charge < -0.3 is 10.6 Å². The number of hydrogen-bond donors (Lipinski definition) is 2. The van der Waals surface area contributed by atoms with Gasteiger partial charge in [0.1, 0.15) is 0 Å². The number of rotatable bonds is 9. The SMILES string of the molecule is [SiH3]CCCCNCCNCc1ccccc1. The van der Waals surface area contributed by atoms with Crippen molar-refractivity contribution >= 4 is 10.2 Å². The van der Waals surface area contributed by atoms with E-state index in [0.717, 1.165) is 19.6 Å². The molecule has 0 fully saturated rings. The fourth-order valence-corrected chi connectivity index (χ4v) is 2.13. The van der Waals surface area contributed by atoms with E-state index in [1.54, 1.807) is 0 Å². The maximum absolute atomic E-state index is 3.46. The van der Waals surface area contributed by atoms with Gasteiger partial charge in [0.15, 0.2) is 0 Å². The average molecular weight is 236 g/mol. The van der Waals surface area contributed by atoms with Gasteiger partial charge in [0.05, 0.1) is 0 Å². The van der Waals surface area contributed by atoms with Crippen LogP contribution in [0.15, 0.2) is 30.3 Å². The molecule has 0 saturated carbocycles. The van der Waals surface area contributed by atoms with Gasteiger partial charge in [-0.25, -0.2) is 0 Å². The molecule has 0 bridgehead atoms. The summed E-state index contributed by atoms with van der Waals surface area (Å²) in [7, 11) is 1.35. The van der Waals surface area contributed by atoms with E-state index >= 15 is 0 Å². The lowest BCUT2D eigenvalue weighted by atomic mass is 10.2. The highest BCUT2D eigenvalue weighted by molar-refractivity contribution is 6.08. The van der Waals surface area contributed by atoms with Gasteiger partial charge in [-0.05, 0) is 18.5 Å². The molecule has 16 heavy (non-hydrogen) atoms. The Morgan fingerprint density at radius 2 is 1.62 bits per heavy atom. The fourth-order valence-electron chi connectivity index (χ4n) is 1.63. The van der Waals surface area contributed by atoms with Gasteiger partial charge in [-0.2, -0.15) is 0 Å². The molecule has 0 radical (unpaired) electrons. The summed E-state index contributed by atoms with van der Waals surface area (Å²) in [6, 6.07) is 12.0. The van der Waals surface area contributed by atoms with E-state index in [0.29, 0.717) is 0 Å². The molecule has 0 aromatic heterocycles. The van der Waals surface area contributed by atoms with Gasteiger partial charge in [-0.3, -0.25) is 0 Å². The van der Waals surface area contributed by atoms with Gasteiger partial charge in [0, 0.05) is 29.9 Å². The number of unbranched alkanes of at least 4 members (excludes halogenated alkanes) is 1. The Morgan fingerprint density at radius 1 is 0.875 bits per heavy atom. The van der Waals surface area contributed by atoms with Crippen LogP contribution < -0.4 is 10.6 Å². The van der Waals surface area contributed by atoms with Crippen molar-refractivity contribution in [3.8, 4) is 0 Å². The molecule has 0 spiro atoms. The first kappa shape index (κ1) is 13.4. The number of benzene rings is 1. The predicted molar refractivity (Wildman–Crippen MR) is 75.0 cm³/mol. The minimum atomic E-state index is 0.975. The van der Waals surface area contributed by atoms with Crippen molar-refractivity contribution < 1.29 is 0 Å². The summed E-state index contributed by atoms with van der Waals surface area (Å²) in [5.74, 6) is 0. The second kappa shape index (κ2) is 9.57. The first-order valence-corrected chi connectivity index (χ1v) is 7.80. The molecular weight excluding hydrogens is 212 g/mol. The molecule has 1 rings (SSSR count). The van der Waals surface area contributed by atoms with Crippen molar-refractivity contribution in [2.24, 2.45) is 0 Å². The second-order valence-corrected chi connectivity index (χ2v) is 5.12. The Balaban J connectivity index is 1.89. The average Bonchev–Trinajstić information content (AvgIpc) is 2.34. The Labute approximate surface area is 102 Å². The van der Waals surface area contributed by atoms with Crippen LogP contribution in [0, 0.1) is 0 Å². The molecule has 3 heteroatoms. The minimum absolute atomic E-state index is 0.975. The van der Waals surface area contributed by atoms with Crippen molar-refractivity contribution in [3.63, 3.8) is 0 Å². The molecule has 2 nitrogen and oxygen atoms in total. The third-order valence-corrected chi connectivity index (χ3v) is 3.31. The summed E-state index contributed by atoms with van der Waals surface area (Å²) in [4.78, 5) is 0. The van der Waals surface area contributed by atoms with Crippen LogP contribution in [0.3, 0.4) is 0 Å². The summed E-state index contributed by atoms with van der Waals surface area (Å²) in [6.07, 6.45) is 2.73. The van der Waals surface area contributed by atoms with Gasteiger partial charge in [-0.15, -0.1) is 0 Å². The molecule has 0 saturated heterocycles. The molecule has 1 aromatic rings. The quantitative estimate of drug-likeness (QED) is 0.492. The highest BCUT2D eigenvalue weighted by Crippen LogP contribution is 1.96. The molecule has 1 aromatic carbocycles. The molecule has 0 aliphatic heterocycles. The smallest absolute Gasteiger partial charge is 0.0206 e. The van der Waals surface area contributed by atoms with Crippen LogP contribution in [-0.2, 0) is 6.54 Å². The lowest BCUT2D eigenvalue weighted by Gasteiger charge is -2.06. The van der Waals surface area contributed by atoms with Crippen molar-refractivity contribution in [2.75, 3.05) is 19.6 Å². The summed E-state index contributed by atoms with van der Waals surface area (Å²) in [6.45, 7) is 4.28. The van der Waals surface area contributed by atoms with Crippen molar-refractivity contribution in [1.29, 1.82) is 0 Å². The van der Waals surface area contributed by atoms with E-state index in [1.165, 1.54) is 41.2 Å². The lowest BCUT2D eigenvalue weighted by Crippen LogP contribution is -2.27. The van der Waals surface area contributed by atoms with Crippen molar-refractivity contribution in [2.45, 2.75) is 25.4 Å². The second-order valence-electron chi connectivity index (χ2n) is 4.12. The van der Waals surface area contributed by atoms with Crippen LogP contribution >= 0.6 is 0 Å². The standard InChI is InChI=1S/C13H24N2Si/c16-11-5-4-8-14-9-10-15-12-13-6-2-1-3-7-13/h1-3,6-7,14-15H,4-5,8-12H2,16H3. The summed E-state index contributed by atoms with van der Waals surface area (Å²) < 4.78 is 0. The zero-order valence-corrected chi connectivity index (χ0v) is 12.3. The fraction of sp³-hybridized carbons (Fsp3) is 0.538. The minimum Gasteiger partial charge on any atom is -0.315 e.